The monoisotopic (exact) mass is 272 g/mol. The fourth-order valence-electron chi connectivity index (χ4n) is 3.50. The van der Waals surface area contributed by atoms with E-state index in [0.717, 1.165) is 38.5 Å². The molecule has 2 aliphatic rings. The standard InChI is InChI=1S/C15H28O4/c1-10(14-6-5-12(17)8-15(14)18)9-19-13-4-2-3-11(16)7-13/h10-18H,2-9H2,1H3. The molecule has 4 heteroatoms. The molecule has 2 aliphatic carbocycles. The highest BCUT2D eigenvalue weighted by Crippen LogP contribution is 2.31. The highest BCUT2D eigenvalue weighted by Gasteiger charge is 2.32. The van der Waals surface area contributed by atoms with E-state index in [-0.39, 0.29) is 24.2 Å². The zero-order chi connectivity index (χ0) is 13.8. The van der Waals surface area contributed by atoms with Crippen LogP contribution < -0.4 is 0 Å². The minimum Gasteiger partial charge on any atom is -0.393 e. The van der Waals surface area contributed by atoms with Crippen molar-refractivity contribution in [1.82, 2.24) is 0 Å². The summed E-state index contributed by atoms with van der Waals surface area (Å²) in [5.41, 5.74) is 0. The van der Waals surface area contributed by atoms with Crippen molar-refractivity contribution in [3.05, 3.63) is 0 Å². The number of rotatable bonds is 4. The molecular formula is C15H28O4. The summed E-state index contributed by atoms with van der Waals surface area (Å²) < 4.78 is 5.91. The summed E-state index contributed by atoms with van der Waals surface area (Å²) in [6.07, 6.45) is 5.11. The van der Waals surface area contributed by atoms with E-state index in [9.17, 15) is 15.3 Å². The summed E-state index contributed by atoms with van der Waals surface area (Å²) >= 11 is 0. The van der Waals surface area contributed by atoms with Crippen LogP contribution in [0.1, 0.15) is 51.9 Å². The van der Waals surface area contributed by atoms with Crippen LogP contribution in [-0.4, -0.2) is 46.3 Å². The first-order valence-electron chi connectivity index (χ1n) is 7.72. The van der Waals surface area contributed by atoms with Gasteiger partial charge in [0, 0.05) is 6.61 Å². The van der Waals surface area contributed by atoms with E-state index in [0.29, 0.717) is 18.9 Å². The fourth-order valence-corrected chi connectivity index (χ4v) is 3.50. The third-order valence-electron chi connectivity index (χ3n) is 4.77. The summed E-state index contributed by atoms with van der Waals surface area (Å²) in [4.78, 5) is 0. The quantitative estimate of drug-likeness (QED) is 0.725. The average molecular weight is 272 g/mol. The van der Waals surface area contributed by atoms with Gasteiger partial charge in [-0.2, -0.15) is 0 Å². The molecule has 6 atom stereocenters. The molecule has 0 aromatic heterocycles. The van der Waals surface area contributed by atoms with Crippen LogP contribution in [0.2, 0.25) is 0 Å². The molecule has 0 aromatic carbocycles. The lowest BCUT2D eigenvalue weighted by molar-refractivity contribution is -0.0630. The fraction of sp³-hybridized carbons (Fsp3) is 1.00. The summed E-state index contributed by atoms with van der Waals surface area (Å²) in [7, 11) is 0. The maximum Gasteiger partial charge on any atom is 0.0599 e. The van der Waals surface area contributed by atoms with Crippen LogP contribution >= 0.6 is 0 Å². The Labute approximate surface area is 115 Å². The third-order valence-corrected chi connectivity index (χ3v) is 4.77. The van der Waals surface area contributed by atoms with Crippen LogP contribution in [0.5, 0.6) is 0 Å². The molecule has 4 nitrogen and oxygen atoms in total. The van der Waals surface area contributed by atoms with Crippen molar-refractivity contribution >= 4 is 0 Å². The zero-order valence-electron chi connectivity index (χ0n) is 11.9. The van der Waals surface area contributed by atoms with Crippen molar-refractivity contribution in [2.45, 2.75) is 76.3 Å². The van der Waals surface area contributed by atoms with Crippen molar-refractivity contribution in [2.24, 2.45) is 11.8 Å². The van der Waals surface area contributed by atoms with Crippen molar-refractivity contribution in [3.63, 3.8) is 0 Å². The van der Waals surface area contributed by atoms with Crippen molar-refractivity contribution in [3.8, 4) is 0 Å². The van der Waals surface area contributed by atoms with Gasteiger partial charge in [0.25, 0.3) is 0 Å². The third kappa shape index (κ3) is 4.42. The van der Waals surface area contributed by atoms with Gasteiger partial charge in [0.15, 0.2) is 0 Å². The second-order valence-electron chi connectivity index (χ2n) is 6.45. The van der Waals surface area contributed by atoms with Crippen LogP contribution in [0.4, 0.5) is 0 Å². The van der Waals surface area contributed by atoms with Gasteiger partial charge in [-0.3, -0.25) is 0 Å². The van der Waals surface area contributed by atoms with Gasteiger partial charge >= 0.3 is 0 Å². The largest absolute Gasteiger partial charge is 0.393 e. The van der Waals surface area contributed by atoms with Crippen molar-refractivity contribution in [1.29, 1.82) is 0 Å². The molecule has 2 rings (SSSR count). The first kappa shape index (κ1) is 15.2. The van der Waals surface area contributed by atoms with Gasteiger partial charge in [0.1, 0.15) is 0 Å². The number of aliphatic hydroxyl groups is 3. The normalized spacial score (nSPS) is 42.0. The number of hydrogen-bond donors (Lipinski definition) is 3. The van der Waals surface area contributed by atoms with Crippen LogP contribution in [0, 0.1) is 11.8 Å². The first-order valence-corrected chi connectivity index (χ1v) is 7.72. The first-order chi connectivity index (χ1) is 9.06. The Morgan fingerprint density at radius 3 is 2.42 bits per heavy atom. The second kappa shape index (κ2) is 7.02. The molecule has 0 bridgehead atoms. The predicted molar refractivity (Wildman–Crippen MR) is 72.7 cm³/mol. The van der Waals surface area contributed by atoms with Crippen molar-refractivity contribution < 1.29 is 20.1 Å². The Bertz CT molecular complexity index is 271. The van der Waals surface area contributed by atoms with E-state index < -0.39 is 6.10 Å². The molecule has 0 spiro atoms. The van der Waals surface area contributed by atoms with Gasteiger partial charge in [-0.05, 0) is 56.8 Å². The second-order valence-corrected chi connectivity index (χ2v) is 6.45. The molecular weight excluding hydrogens is 244 g/mol. The van der Waals surface area contributed by atoms with E-state index >= 15 is 0 Å². The van der Waals surface area contributed by atoms with E-state index in [2.05, 4.69) is 6.92 Å². The van der Waals surface area contributed by atoms with Crippen LogP contribution in [0.25, 0.3) is 0 Å². The van der Waals surface area contributed by atoms with E-state index in [1.54, 1.807) is 0 Å². The van der Waals surface area contributed by atoms with E-state index in [4.69, 9.17) is 4.74 Å². The molecule has 19 heavy (non-hydrogen) atoms. The molecule has 0 amide bonds. The Hall–Kier alpha value is -0.160. The molecule has 0 saturated heterocycles. The average Bonchev–Trinajstić information content (AvgIpc) is 2.36. The number of aliphatic hydroxyl groups excluding tert-OH is 3. The van der Waals surface area contributed by atoms with Crippen LogP contribution in [0.15, 0.2) is 0 Å². The van der Waals surface area contributed by atoms with Crippen LogP contribution in [-0.2, 0) is 4.74 Å². The topological polar surface area (TPSA) is 69.9 Å². The lowest BCUT2D eigenvalue weighted by Gasteiger charge is -2.35. The number of ether oxygens (including phenoxy) is 1. The van der Waals surface area contributed by atoms with E-state index in [1.165, 1.54) is 0 Å². The minimum atomic E-state index is -0.403. The maximum absolute atomic E-state index is 10.0. The molecule has 0 radical (unpaired) electrons. The Kier molecular flexibility index (Phi) is 5.63. The van der Waals surface area contributed by atoms with Gasteiger partial charge in [0.05, 0.1) is 24.4 Å². The smallest absolute Gasteiger partial charge is 0.0599 e. The molecule has 2 saturated carbocycles. The van der Waals surface area contributed by atoms with Crippen molar-refractivity contribution in [2.75, 3.05) is 6.61 Å². The van der Waals surface area contributed by atoms with E-state index in [1.807, 2.05) is 0 Å². The molecule has 0 aliphatic heterocycles. The molecule has 112 valence electrons. The highest BCUT2D eigenvalue weighted by atomic mass is 16.5. The Morgan fingerprint density at radius 2 is 1.74 bits per heavy atom. The van der Waals surface area contributed by atoms with Gasteiger partial charge in [-0.25, -0.2) is 0 Å². The van der Waals surface area contributed by atoms with Gasteiger partial charge in [-0.1, -0.05) is 6.92 Å². The number of hydrogen-bond acceptors (Lipinski definition) is 4. The maximum atomic E-state index is 10.0. The minimum absolute atomic E-state index is 0.178. The Balaban J connectivity index is 1.73. The summed E-state index contributed by atoms with van der Waals surface area (Å²) in [5, 5.41) is 29.2. The van der Waals surface area contributed by atoms with Gasteiger partial charge < -0.3 is 20.1 Å². The lowest BCUT2D eigenvalue weighted by Crippen LogP contribution is -2.38. The Morgan fingerprint density at radius 1 is 1.00 bits per heavy atom. The summed E-state index contributed by atoms with van der Waals surface area (Å²) in [5.74, 6) is 0.540. The molecule has 3 N–H and O–H groups in total. The predicted octanol–water partition coefficient (Wildman–Crippen LogP) is 1.46. The lowest BCUT2D eigenvalue weighted by atomic mass is 9.78. The SMILES string of the molecule is CC(COC1CCCC(O)C1)C1CCC(O)CC1O. The summed E-state index contributed by atoms with van der Waals surface area (Å²) in [6.45, 7) is 2.76. The molecule has 2 fully saturated rings. The zero-order valence-corrected chi connectivity index (χ0v) is 11.9. The van der Waals surface area contributed by atoms with Gasteiger partial charge in [-0.15, -0.1) is 0 Å². The molecule has 0 aromatic rings. The van der Waals surface area contributed by atoms with Crippen LogP contribution in [0.3, 0.4) is 0 Å². The highest BCUT2D eigenvalue weighted by molar-refractivity contribution is 4.83. The molecule has 0 heterocycles. The summed E-state index contributed by atoms with van der Waals surface area (Å²) in [6, 6.07) is 0. The molecule has 6 unspecified atom stereocenters. The van der Waals surface area contributed by atoms with Gasteiger partial charge in [0.2, 0.25) is 0 Å².